The zero-order valence-electron chi connectivity index (χ0n) is 8.87. The molecule has 0 unspecified atom stereocenters. The molecule has 82 valence electrons. The van der Waals surface area contributed by atoms with Crippen molar-refractivity contribution in [2.24, 2.45) is 5.10 Å². The van der Waals surface area contributed by atoms with Crippen LogP contribution in [0.25, 0.3) is 0 Å². The number of aryl methyl sites for hydroxylation is 1. The summed E-state index contributed by atoms with van der Waals surface area (Å²) in [6.45, 7) is 5.62. The van der Waals surface area contributed by atoms with Crippen molar-refractivity contribution in [3.8, 4) is 0 Å². The highest BCUT2D eigenvalue weighted by Crippen LogP contribution is 2.13. The van der Waals surface area contributed by atoms with E-state index in [1.165, 1.54) is 0 Å². The molecule has 0 saturated carbocycles. The summed E-state index contributed by atoms with van der Waals surface area (Å²) in [6, 6.07) is 7.69. The van der Waals surface area contributed by atoms with E-state index in [1.54, 1.807) is 0 Å². The highest BCUT2D eigenvalue weighted by atomic mass is 16.2. The molecule has 0 spiro atoms. The minimum atomic E-state index is -0.286. The minimum absolute atomic E-state index is 0.267. The molecular formula is C11H12N4O. The molecule has 1 amide bonds. The molecule has 1 fully saturated rings. The Morgan fingerprint density at radius 2 is 2.06 bits per heavy atom. The minimum Gasteiger partial charge on any atom is -0.296 e. The third-order valence-electron chi connectivity index (χ3n) is 2.26. The Balaban J connectivity index is 2.18. The van der Waals surface area contributed by atoms with Gasteiger partial charge in [0.1, 0.15) is 0 Å². The van der Waals surface area contributed by atoms with E-state index in [2.05, 4.69) is 28.0 Å². The van der Waals surface area contributed by atoms with Crippen molar-refractivity contribution in [2.75, 3.05) is 5.43 Å². The van der Waals surface area contributed by atoms with Gasteiger partial charge in [-0.15, -0.1) is 0 Å². The largest absolute Gasteiger partial charge is 0.296 e. The predicted molar refractivity (Wildman–Crippen MR) is 62.7 cm³/mol. The number of amides is 1. The van der Waals surface area contributed by atoms with Gasteiger partial charge in [-0.05, 0) is 18.6 Å². The molecule has 16 heavy (non-hydrogen) atoms. The summed E-state index contributed by atoms with van der Waals surface area (Å²) < 4.78 is 0. The fraction of sp³-hybridized carbons (Fsp3) is 0.0909. The number of carbonyl (C=O) groups excluding carboxylic acids is 1. The first kappa shape index (κ1) is 10.2. The van der Waals surface area contributed by atoms with Crippen LogP contribution in [0.4, 0.5) is 5.69 Å². The van der Waals surface area contributed by atoms with E-state index in [-0.39, 0.29) is 11.6 Å². The quantitative estimate of drug-likeness (QED) is 0.644. The van der Waals surface area contributed by atoms with Crippen LogP contribution in [0, 0.1) is 6.92 Å². The normalized spacial score (nSPS) is 17.2. The molecule has 0 radical (unpaired) electrons. The number of hydrazine groups is 1. The van der Waals surface area contributed by atoms with Gasteiger partial charge in [0.2, 0.25) is 0 Å². The van der Waals surface area contributed by atoms with Crippen LogP contribution in [-0.2, 0) is 4.79 Å². The zero-order valence-corrected chi connectivity index (χ0v) is 8.87. The lowest BCUT2D eigenvalue weighted by Crippen LogP contribution is -2.26. The predicted octanol–water partition coefficient (Wildman–Crippen LogP) is 0.911. The second kappa shape index (κ2) is 4.06. The van der Waals surface area contributed by atoms with Gasteiger partial charge in [0.05, 0.1) is 11.4 Å². The fourth-order valence-corrected chi connectivity index (χ4v) is 1.32. The van der Waals surface area contributed by atoms with Crippen molar-refractivity contribution in [1.82, 2.24) is 10.9 Å². The second-order valence-electron chi connectivity index (χ2n) is 3.44. The Hall–Kier alpha value is -2.30. The summed E-state index contributed by atoms with van der Waals surface area (Å²) in [5.74, 6) is -0.286. The van der Waals surface area contributed by atoms with Crippen LogP contribution in [0.3, 0.4) is 0 Å². The van der Waals surface area contributed by atoms with Gasteiger partial charge in [-0.25, -0.2) is 0 Å². The number of rotatable bonds is 2. The molecule has 1 heterocycles. The van der Waals surface area contributed by atoms with Gasteiger partial charge >= 0.3 is 0 Å². The summed E-state index contributed by atoms with van der Waals surface area (Å²) in [6.07, 6.45) is 0. The standard InChI is InChI=1S/C11H12N4O/c1-7-5-3-4-6-9(7)13-14-10-8(2)12-15-11(10)16/h3-6,12-13H,2H2,1H3,(H,15,16)/b14-10-. The zero-order chi connectivity index (χ0) is 11.5. The summed E-state index contributed by atoms with van der Waals surface area (Å²) in [7, 11) is 0. The van der Waals surface area contributed by atoms with E-state index in [1.807, 2.05) is 31.2 Å². The number of hydrogen-bond donors (Lipinski definition) is 3. The number of anilines is 1. The molecule has 5 nitrogen and oxygen atoms in total. The van der Waals surface area contributed by atoms with Gasteiger partial charge in [-0.2, -0.15) is 5.10 Å². The van der Waals surface area contributed by atoms with Crippen molar-refractivity contribution in [3.05, 3.63) is 42.1 Å². The Kier molecular flexibility index (Phi) is 2.59. The summed E-state index contributed by atoms with van der Waals surface area (Å²) in [5, 5.41) is 4.01. The van der Waals surface area contributed by atoms with Gasteiger partial charge in [0.25, 0.3) is 5.91 Å². The third-order valence-corrected chi connectivity index (χ3v) is 2.26. The van der Waals surface area contributed by atoms with Gasteiger partial charge in [0, 0.05) is 0 Å². The molecule has 1 aliphatic heterocycles. The maximum absolute atomic E-state index is 11.3. The first-order valence-electron chi connectivity index (χ1n) is 4.83. The van der Waals surface area contributed by atoms with E-state index in [9.17, 15) is 4.79 Å². The topological polar surface area (TPSA) is 65.5 Å². The SMILES string of the molecule is C=C1NNC(=O)/C1=N\Nc1ccccc1C. The highest BCUT2D eigenvalue weighted by molar-refractivity contribution is 6.46. The number of benzene rings is 1. The Morgan fingerprint density at radius 1 is 1.31 bits per heavy atom. The molecule has 2 rings (SSSR count). The van der Waals surface area contributed by atoms with Crippen LogP contribution in [0.15, 0.2) is 41.6 Å². The summed E-state index contributed by atoms with van der Waals surface area (Å²) in [5.41, 5.74) is 10.5. The van der Waals surface area contributed by atoms with Gasteiger partial charge in [-0.3, -0.25) is 21.1 Å². The van der Waals surface area contributed by atoms with Crippen molar-refractivity contribution < 1.29 is 4.79 Å². The maximum atomic E-state index is 11.3. The molecule has 3 N–H and O–H groups in total. The smallest absolute Gasteiger partial charge is 0.292 e. The number of nitrogens with one attached hydrogen (secondary N) is 3. The van der Waals surface area contributed by atoms with Gasteiger partial charge in [-0.1, -0.05) is 24.8 Å². The van der Waals surface area contributed by atoms with E-state index >= 15 is 0 Å². The van der Waals surface area contributed by atoms with Crippen LogP contribution in [0.5, 0.6) is 0 Å². The van der Waals surface area contributed by atoms with Gasteiger partial charge in [0.15, 0.2) is 5.71 Å². The van der Waals surface area contributed by atoms with Crippen molar-refractivity contribution in [1.29, 1.82) is 0 Å². The average Bonchev–Trinajstić information content (AvgIpc) is 2.58. The van der Waals surface area contributed by atoms with Crippen LogP contribution >= 0.6 is 0 Å². The first-order chi connectivity index (χ1) is 7.68. The number of hydrogen-bond acceptors (Lipinski definition) is 4. The number of carbonyl (C=O) groups is 1. The van der Waals surface area contributed by atoms with Crippen molar-refractivity contribution in [3.63, 3.8) is 0 Å². The molecule has 1 saturated heterocycles. The molecular weight excluding hydrogens is 204 g/mol. The molecule has 0 aromatic heterocycles. The summed E-state index contributed by atoms with van der Waals surface area (Å²) >= 11 is 0. The first-order valence-corrected chi connectivity index (χ1v) is 4.83. The number of nitrogens with zero attached hydrogens (tertiary/aromatic N) is 1. The number of para-hydroxylation sites is 1. The second-order valence-corrected chi connectivity index (χ2v) is 3.44. The van der Waals surface area contributed by atoms with Crippen LogP contribution in [0.1, 0.15) is 5.56 Å². The summed E-state index contributed by atoms with van der Waals surface area (Å²) in [4.78, 5) is 11.3. The molecule has 1 aromatic rings. The molecule has 0 atom stereocenters. The molecule has 0 aliphatic carbocycles. The average molecular weight is 216 g/mol. The molecule has 1 aromatic carbocycles. The molecule has 5 heteroatoms. The van der Waals surface area contributed by atoms with Crippen molar-refractivity contribution in [2.45, 2.75) is 6.92 Å². The molecule has 0 bridgehead atoms. The lowest BCUT2D eigenvalue weighted by molar-refractivity contribution is -0.114. The third kappa shape index (κ3) is 1.88. The van der Waals surface area contributed by atoms with Gasteiger partial charge < -0.3 is 0 Å². The lowest BCUT2D eigenvalue weighted by atomic mass is 10.2. The maximum Gasteiger partial charge on any atom is 0.292 e. The molecule has 1 aliphatic rings. The number of hydrazone groups is 1. The van der Waals surface area contributed by atoms with E-state index < -0.39 is 0 Å². The fourth-order valence-electron chi connectivity index (χ4n) is 1.32. The Labute approximate surface area is 93.2 Å². The highest BCUT2D eigenvalue weighted by Gasteiger charge is 2.22. The Morgan fingerprint density at radius 3 is 2.69 bits per heavy atom. The van der Waals surface area contributed by atoms with Crippen LogP contribution in [0.2, 0.25) is 0 Å². The Bertz CT molecular complexity index is 461. The lowest BCUT2D eigenvalue weighted by Gasteiger charge is -2.04. The van der Waals surface area contributed by atoms with E-state index in [0.717, 1.165) is 11.3 Å². The van der Waals surface area contributed by atoms with E-state index in [4.69, 9.17) is 0 Å². The van der Waals surface area contributed by atoms with Crippen molar-refractivity contribution >= 4 is 17.3 Å². The van der Waals surface area contributed by atoms with Crippen LogP contribution in [-0.4, -0.2) is 11.6 Å². The van der Waals surface area contributed by atoms with E-state index in [0.29, 0.717) is 5.70 Å². The van der Waals surface area contributed by atoms with Crippen LogP contribution < -0.4 is 16.3 Å². The monoisotopic (exact) mass is 216 g/mol.